The Labute approximate surface area is 314 Å². The number of hydrogen-bond acceptors (Lipinski definition) is 10. The topological polar surface area (TPSA) is 121 Å². The Kier molecular flexibility index (Phi) is 8.67. The molecule has 55 heavy (non-hydrogen) atoms. The van der Waals surface area contributed by atoms with E-state index in [1.807, 2.05) is 4.90 Å². The molecule has 3 atom stereocenters. The minimum Gasteiger partial charge on any atom is -0.461 e. The average molecular weight is 768 g/mol. The van der Waals surface area contributed by atoms with Crippen molar-refractivity contribution >= 4 is 38.8 Å². The number of anilines is 1. The zero-order valence-corrected chi connectivity index (χ0v) is 31.4. The number of β-amino-alcohol motifs (C(OH)–C–C–N with tert-alkyl or cyclic N) is 1. The lowest BCUT2D eigenvalue weighted by Crippen LogP contribution is -2.44. The van der Waals surface area contributed by atoms with Gasteiger partial charge in [-0.1, -0.05) is 0 Å². The maximum absolute atomic E-state index is 15.2. The smallest absolute Gasteiger partial charge is 0.417 e. The Hall–Kier alpha value is -4.32. The minimum absolute atomic E-state index is 0.0473. The molecule has 0 aliphatic carbocycles. The van der Waals surface area contributed by atoms with E-state index in [1.165, 1.54) is 19.2 Å². The fraction of sp³-hybridized carbons (Fsp3) is 0.579. The Morgan fingerprint density at radius 2 is 1.95 bits per heavy atom. The zero-order valence-electron chi connectivity index (χ0n) is 31.4. The molecule has 1 aromatic carbocycles. The van der Waals surface area contributed by atoms with E-state index in [4.69, 9.17) is 29.3 Å². The number of aliphatic hydroxyl groups is 1. The van der Waals surface area contributed by atoms with Crippen molar-refractivity contribution in [2.45, 2.75) is 75.9 Å². The molecule has 13 nitrogen and oxygen atoms in total. The fourth-order valence-corrected chi connectivity index (χ4v) is 9.46. The van der Waals surface area contributed by atoms with Crippen molar-refractivity contribution in [2.75, 3.05) is 57.5 Å². The highest BCUT2D eigenvalue weighted by molar-refractivity contribution is 6.16. The summed E-state index contributed by atoms with van der Waals surface area (Å²) in [6.45, 7) is 6.31. The van der Waals surface area contributed by atoms with Crippen molar-refractivity contribution in [2.24, 2.45) is 14.1 Å². The number of hydrogen-bond donors (Lipinski definition) is 1. The van der Waals surface area contributed by atoms with E-state index in [0.29, 0.717) is 84.3 Å². The van der Waals surface area contributed by atoms with Crippen molar-refractivity contribution < 1.29 is 36.9 Å². The molecule has 0 saturated carbocycles. The lowest BCUT2D eigenvalue weighted by molar-refractivity contribution is -0.137. The number of ether oxygens (including phenoxy) is 3. The second-order valence-corrected chi connectivity index (χ2v) is 16.0. The van der Waals surface area contributed by atoms with Gasteiger partial charge < -0.3 is 28.8 Å². The fourth-order valence-electron chi connectivity index (χ4n) is 9.46. The molecule has 4 fully saturated rings. The van der Waals surface area contributed by atoms with Crippen LogP contribution in [0.5, 0.6) is 6.01 Å². The normalized spacial score (nSPS) is 26.2. The van der Waals surface area contributed by atoms with E-state index in [1.54, 1.807) is 34.9 Å². The third-order valence-corrected chi connectivity index (χ3v) is 11.9. The predicted octanol–water partition coefficient (Wildman–Crippen LogP) is 5.96. The summed E-state index contributed by atoms with van der Waals surface area (Å²) in [5, 5.41) is 21.5. The molecule has 1 N–H and O–H groups in total. The van der Waals surface area contributed by atoms with Crippen LogP contribution in [0.2, 0.25) is 0 Å². The molecular weight excluding hydrogens is 722 g/mol. The van der Waals surface area contributed by atoms with Gasteiger partial charge in [-0.25, -0.2) is 9.07 Å². The van der Waals surface area contributed by atoms with Gasteiger partial charge in [0.2, 0.25) is 0 Å². The number of alkyl halides is 3. The lowest BCUT2D eigenvalue weighted by Gasteiger charge is -2.31. The van der Waals surface area contributed by atoms with Crippen LogP contribution in [0.3, 0.4) is 0 Å². The second kappa shape index (κ2) is 13.1. The van der Waals surface area contributed by atoms with Crippen LogP contribution in [-0.2, 0) is 29.7 Å². The molecule has 4 aromatic heterocycles. The van der Waals surface area contributed by atoms with Gasteiger partial charge in [-0.05, 0) is 76.1 Å². The van der Waals surface area contributed by atoms with Crippen LogP contribution in [0, 0.1) is 6.92 Å². The molecule has 0 spiro atoms. The van der Waals surface area contributed by atoms with Crippen molar-refractivity contribution in [3.63, 3.8) is 0 Å². The van der Waals surface area contributed by atoms with E-state index in [9.17, 15) is 9.50 Å². The van der Waals surface area contributed by atoms with E-state index in [2.05, 4.69) is 10.00 Å². The highest BCUT2D eigenvalue weighted by Gasteiger charge is 2.47. The Morgan fingerprint density at radius 1 is 1.11 bits per heavy atom. The molecule has 0 amide bonds. The Morgan fingerprint density at radius 3 is 2.71 bits per heavy atom. The van der Waals surface area contributed by atoms with Crippen LogP contribution in [0.25, 0.3) is 44.2 Å². The first kappa shape index (κ1) is 36.3. The summed E-state index contributed by atoms with van der Waals surface area (Å²) in [4.78, 5) is 14.0. The molecule has 4 aliphatic rings. The van der Waals surface area contributed by atoms with E-state index in [0.717, 1.165) is 37.8 Å². The zero-order chi connectivity index (χ0) is 38.4. The number of benzene rings is 1. The van der Waals surface area contributed by atoms with Crippen LogP contribution in [0.4, 0.5) is 23.4 Å². The number of fused-ring (bicyclic) bond motifs is 5. The summed E-state index contributed by atoms with van der Waals surface area (Å²) in [5.41, 5.74) is 0.340. The number of nitrogens with zero attached hydrogens (tertiary/aromatic N) is 9. The van der Waals surface area contributed by atoms with Gasteiger partial charge >= 0.3 is 12.2 Å². The Bertz CT molecular complexity index is 2340. The minimum atomic E-state index is -4.71. The van der Waals surface area contributed by atoms with Crippen LogP contribution < -0.4 is 9.64 Å². The molecule has 0 bridgehead atoms. The number of aryl methyl sites for hydroxylation is 3. The van der Waals surface area contributed by atoms with Gasteiger partial charge in [-0.15, -0.1) is 0 Å². The first-order valence-electron chi connectivity index (χ1n) is 18.9. The van der Waals surface area contributed by atoms with Crippen molar-refractivity contribution in [3.05, 3.63) is 35.3 Å². The van der Waals surface area contributed by atoms with Gasteiger partial charge in [-0.2, -0.15) is 33.3 Å². The average Bonchev–Trinajstić information content (AvgIpc) is 3.93. The van der Waals surface area contributed by atoms with E-state index in [-0.39, 0.29) is 54.4 Å². The first-order valence-corrected chi connectivity index (χ1v) is 18.9. The summed E-state index contributed by atoms with van der Waals surface area (Å²) >= 11 is 0. The Balaban J connectivity index is 1.26. The third-order valence-electron chi connectivity index (χ3n) is 11.9. The van der Waals surface area contributed by atoms with Gasteiger partial charge in [0.15, 0.2) is 11.9 Å². The lowest BCUT2D eigenvalue weighted by atomic mass is 9.94. The summed E-state index contributed by atoms with van der Waals surface area (Å²) in [5.74, 6) is 0.440. The summed E-state index contributed by atoms with van der Waals surface area (Å²) < 4.78 is 82.6. The molecule has 0 radical (unpaired) electrons. The quantitative estimate of drug-likeness (QED) is 0.208. The monoisotopic (exact) mass is 767 g/mol. The molecular formula is C38H45F4N9O4. The van der Waals surface area contributed by atoms with Crippen molar-refractivity contribution in [1.82, 2.24) is 39.0 Å². The van der Waals surface area contributed by atoms with Crippen LogP contribution >= 0.6 is 0 Å². The summed E-state index contributed by atoms with van der Waals surface area (Å²) in [6, 6.07) is 1.62. The molecule has 1 unspecified atom stereocenters. The number of halogens is 4. The molecule has 4 aliphatic heterocycles. The van der Waals surface area contributed by atoms with Crippen LogP contribution in [0.15, 0.2) is 24.2 Å². The van der Waals surface area contributed by atoms with Gasteiger partial charge in [0.25, 0.3) is 0 Å². The number of aromatic nitrogens is 7. The van der Waals surface area contributed by atoms with Crippen LogP contribution in [-0.4, -0.2) is 108 Å². The molecule has 8 heterocycles. The van der Waals surface area contributed by atoms with Crippen molar-refractivity contribution in [3.8, 4) is 17.3 Å². The van der Waals surface area contributed by atoms with Crippen LogP contribution in [0.1, 0.15) is 62.8 Å². The molecule has 294 valence electrons. The first-order chi connectivity index (χ1) is 26.3. The van der Waals surface area contributed by atoms with Gasteiger partial charge in [0.05, 0.1) is 65.3 Å². The van der Waals surface area contributed by atoms with E-state index >= 15 is 13.2 Å². The maximum Gasteiger partial charge on any atom is 0.417 e. The van der Waals surface area contributed by atoms with E-state index < -0.39 is 17.3 Å². The van der Waals surface area contributed by atoms with Gasteiger partial charge in [0.1, 0.15) is 23.7 Å². The summed E-state index contributed by atoms with van der Waals surface area (Å²) in [7, 11) is 3.45. The molecule has 9 rings (SSSR count). The SMILES string of the molecule is Cc1cc2c(cnn2C2CCCCO2)c(-c2nn(C)c3c4c(N5CCOC[C@@](C)(O)C5)nc(OC[C@@]56CCCN5C/C(=C\F)C6)nc4n(C)c23)c1C(F)(F)F. The standard InChI is InChI=1S/C38H45F4N9O4/c1-22-14-25-24(17-43-51(25)26-8-5-6-12-54-26)27(29(22)38(40,41)42)30-32-31(48(4)46-30)28-33(47(32)3)44-35(45-34(28)49-11-13-53-20-36(2,52)19-49)55-21-37-9-7-10-50(37)18-23(15-37)16-39/h14,16-17,26,52H,5-13,15,18-21H2,1-4H3/b23-16-/t26?,36-,37-/m0/s1. The second-order valence-electron chi connectivity index (χ2n) is 16.0. The van der Waals surface area contributed by atoms with Gasteiger partial charge in [0, 0.05) is 44.7 Å². The highest BCUT2D eigenvalue weighted by atomic mass is 19.4. The van der Waals surface area contributed by atoms with Gasteiger partial charge in [-0.3, -0.25) is 9.58 Å². The molecule has 4 saturated heterocycles. The third kappa shape index (κ3) is 5.96. The maximum atomic E-state index is 15.2. The predicted molar refractivity (Wildman–Crippen MR) is 197 cm³/mol. The molecule has 17 heteroatoms. The highest BCUT2D eigenvalue weighted by Crippen LogP contribution is 2.48. The molecule has 5 aromatic rings. The number of rotatable bonds is 6. The summed E-state index contributed by atoms with van der Waals surface area (Å²) in [6.07, 6.45) is 1.98. The van der Waals surface area contributed by atoms with Crippen molar-refractivity contribution in [1.29, 1.82) is 0 Å². The largest absolute Gasteiger partial charge is 0.461 e.